The van der Waals surface area contributed by atoms with Crippen LogP contribution in [0.3, 0.4) is 0 Å². The topological polar surface area (TPSA) is 195 Å². The minimum Gasteiger partial charge on any atom is -0.427 e. The number of hydrogen-bond acceptors (Lipinski definition) is 8. The number of hydrogen-bond donors (Lipinski definition) is 4. The lowest BCUT2D eigenvalue weighted by molar-refractivity contribution is -0.153. The molecule has 13 nitrogen and oxygen atoms in total. The lowest BCUT2D eigenvalue weighted by Gasteiger charge is -2.18. The maximum absolute atomic E-state index is 13.2. The highest BCUT2D eigenvalue weighted by Crippen LogP contribution is 2.24. The molecule has 0 radical (unpaired) electrons. The second-order valence-corrected chi connectivity index (χ2v) is 8.50. The number of nitrogens with zero attached hydrogens (tertiary/aromatic N) is 3. The Labute approximate surface area is 226 Å². The van der Waals surface area contributed by atoms with Crippen molar-refractivity contribution in [3.8, 4) is 0 Å². The fourth-order valence-corrected chi connectivity index (χ4v) is 3.34. The number of benzene rings is 1. The second kappa shape index (κ2) is 14.4. The van der Waals surface area contributed by atoms with Gasteiger partial charge in [-0.05, 0) is 57.4 Å². The third-order valence-corrected chi connectivity index (χ3v) is 5.56. The van der Waals surface area contributed by atoms with Crippen molar-refractivity contribution in [3.63, 3.8) is 0 Å². The SMILES string of the molecule is CCCNC(=O)c1ccc(C)c(N=C(N=CN)c2[nH]cc(C(=O)N(CC)C(=O)OCOC(=O)C(C)N)c2C)c1. The number of nitrogens with one attached hydrogen (secondary N) is 2. The highest BCUT2D eigenvalue weighted by molar-refractivity contribution is 6.09. The third kappa shape index (κ3) is 7.98. The summed E-state index contributed by atoms with van der Waals surface area (Å²) in [5.41, 5.74) is 13.7. The number of H-pyrrole nitrogens is 1. The van der Waals surface area contributed by atoms with Gasteiger partial charge in [0, 0.05) is 24.8 Å². The molecule has 2 aromatic rings. The molecule has 1 aromatic heterocycles. The fourth-order valence-electron chi connectivity index (χ4n) is 3.34. The predicted octanol–water partition coefficient (Wildman–Crippen LogP) is 2.28. The van der Waals surface area contributed by atoms with E-state index in [-0.39, 0.29) is 23.9 Å². The number of aromatic nitrogens is 1. The number of rotatable bonds is 10. The molecule has 0 saturated heterocycles. The lowest BCUT2D eigenvalue weighted by atomic mass is 10.1. The van der Waals surface area contributed by atoms with Crippen molar-refractivity contribution in [3.05, 3.63) is 52.3 Å². The number of nitrogens with two attached hydrogens (primary N) is 2. The van der Waals surface area contributed by atoms with Crippen molar-refractivity contribution in [2.75, 3.05) is 19.9 Å². The molecule has 3 amide bonds. The van der Waals surface area contributed by atoms with Gasteiger partial charge >= 0.3 is 12.1 Å². The monoisotopic (exact) mass is 541 g/mol. The first-order chi connectivity index (χ1) is 18.5. The van der Waals surface area contributed by atoms with Gasteiger partial charge in [-0.2, -0.15) is 0 Å². The smallest absolute Gasteiger partial charge is 0.419 e. The number of aromatic amines is 1. The number of esters is 1. The molecule has 1 aromatic carbocycles. The van der Waals surface area contributed by atoms with Crippen LogP contribution in [0.5, 0.6) is 0 Å². The minimum absolute atomic E-state index is 0.00710. The zero-order valence-electron chi connectivity index (χ0n) is 22.7. The summed E-state index contributed by atoms with van der Waals surface area (Å²) in [6.07, 6.45) is 2.29. The van der Waals surface area contributed by atoms with Crippen LogP contribution in [0.25, 0.3) is 0 Å². The van der Waals surface area contributed by atoms with Crippen molar-refractivity contribution >= 4 is 41.7 Å². The molecule has 0 fully saturated rings. The summed E-state index contributed by atoms with van der Waals surface area (Å²) < 4.78 is 9.63. The average Bonchev–Trinajstić information content (AvgIpc) is 3.29. The molecule has 1 unspecified atom stereocenters. The summed E-state index contributed by atoms with van der Waals surface area (Å²) in [5.74, 6) is -1.46. The molecule has 1 heterocycles. The van der Waals surface area contributed by atoms with Crippen LogP contribution in [0.1, 0.15) is 64.7 Å². The van der Waals surface area contributed by atoms with Crippen molar-refractivity contribution in [2.24, 2.45) is 21.5 Å². The van der Waals surface area contributed by atoms with E-state index < -0.39 is 30.8 Å². The highest BCUT2D eigenvalue weighted by Gasteiger charge is 2.27. The molecule has 0 bridgehead atoms. The van der Waals surface area contributed by atoms with Crippen molar-refractivity contribution in [1.29, 1.82) is 0 Å². The number of amides is 3. The van der Waals surface area contributed by atoms with Crippen LogP contribution >= 0.6 is 0 Å². The van der Waals surface area contributed by atoms with Crippen molar-refractivity contribution < 1.29 is 28.7 Å². The fraction of sp³-hybridized carbons (Fsp3) is 0.385. The van der Waals surface area contributed by atoms with Crippen LogP contribution in [0.2, 0.25) is 0 Å². The van der Waals surface area contributed by atoms with Gasteiger partial charge in [0.05, 0.1) is 23.3 Å². The van der Waals surface area contributed by atoms with E-state index in [4.69, 9.17) is 20.9 Å². The zero-order valence-corrected chi connectivity index (χ0v) is 22.7. The summed E-state index contributed by atoms with van der Waals surface area (Å²) in [4.78, 5) is 62.1. The second-order valence-electron chi connectivity index (χ2n) is 8.50. The molecule has 0 aliphatic rings. The van der Waals surface area contributed by atoms with E-state index in [0.717, 1.165) is 23.2 Å². The van der Waals surface area contributed by atoms with E-state index in [9.17, 15) is 19.2 Å². The molecular weight excluding hydrogens is 506 g/mol. The molecule has 2 rings (SSSR count). The summed E-state index contributed by atoms with van der Waals surface area (Å²) >= 11 is 0. The Morgan fingerprint density at radius 2 is 1.90 bits per heavy atom. The highest BCUT2D eigenvalue weighted by atomic mass is 16.7. The minimum atomic E-state index is -0.996. The first-order valence-electron chi connectivity index (χ1n) is 12.4. The van der Waals surface area contributed by atoms with Gasteiger partial charge in [0.25, 0.3) is 11.8 Å². The van der Waals surface area contributed by atoms with Crippen LogP contribution in [0, 0.1) is 13.8 Å². The zero-order chi connectivity index (χ0) is 29.1. The Kier molecular flexibility index (Phi) is 11.4. The molecular formula is C26H35N7O6. The van der Waals surface area contributed by atoms with Gasteiger partial charge in [-0.15, -0.1) is 0 Å². The molecule has 210 valence electrons. The van der Waals surface area contributed by atoms with Crippen LogP contribution in [-0.2, 0) is 14.3 Å². The number of carbonyl (C=O) groups excluding carboxylic acids is 4. The summed E-state index contributed by atoms with van der Waals surface area (Å²) in [6.45, 7) is 8.33. The molecule has 39 heavy (non-hydrogen) atoms. The maximum atomic E-state index is 13.2. The first-order valence-corrected chi connectivity index (χ1v) is 12.4. The van der Waals surface area contributed by atoms with Gasteiger partial charge < -0.3 is 31.2 Å². The average molecular weight is 542 g/mol. The van der Waals surface area contributed by atoms with Crippen LogP contribution in [-0.4, -0.2) is 71.9 Å². The number of carbonyl (C=O) groups is 4. The molecule has 1 atom stereocenters. The quantitative estimate of drug-likeness (QED) is 0.152. The van der Waals surface area contributed by atoms with E-state index in [1.165, 1.54) is 13.1 Å². The molecule has 6 N–H and O–H groups in total. The Morgan fingerprint density at radius 3 is 2.51 bits per heavy atom. The number of aliphatic imine (C=N–C) groups is 2. The predicted molar refractivity (Wildman–Crippen MR) is 146 cm³/mol. The van der Waals surface area contributed by atoms with Gasteiger partial charge in [-0.3, -0.25) is 14.4 Å². The van der Waals surface area contributed by atoms with Gasteiger partial charge in [0.1, 0.15) is 6.04 Å². The summed E-state index contributed by atoms with van der Waals surface area (Å²) in [5, 5.41) is 2.83. The van der Waals surface area contributed by atoms with E-state index >= 15 is 0 Å². The van der Waals surface area contributed by atoms with E-state index in [0.29, 0.717) is 29.1 Å². The summed E-state index contributed by atoms with van der Waals surface area (Å²) in [7, 11) is 0. The van der Waals surface area contributed by atoms with E-state index in [2.05, 4.69) is 20.3 Å². The maximum Gasteiger partial charge on any atom is 0.419 e. The largest absolute Gasteiger partial charge is 0.427 e. The van der Waals surface area contributed by atoms with Gasteiger partial charge in [0.2, 0.25) is 6.79 Å². The normalized spacial score (nSPS) is 12.2. The summed E-state index contributed by atoms with van der Waals surface area (Å²) in [6, 6.07) is 4.24. The van der Waals surface area contributed by atoms with E-state index in [1.807, 2.05) is 13.8 Å². The Balaban J connectivity index is 2.34. The van der Waals surface area contributed by atoms with Crippen molar-refractivity contribution in [1.82, 2.24) is 15.2 Å². The number of aryl methyl sites for hydroxylation is 1. The number of amidine groups is 1. The Hall–Kier alpha value is -4.52. The first kappa shape index (κ1) is 30.7. The Morgan fingerprint density at radius 1 is 1.18 bits per heavy atom. The van der Waals surface area contributed by atoms with Crippen LogP contribution < -0.4 is 16.8 Å². The number of ether oxygens (including phenoxy) is 2. The third-order valence-electron chi connectivity index (χ3n) is 5.56. The molecule has 0 spiro atoms. The molecule has 13 heteroatoms. The van der Waals surface area contributed by atoms with Crippen molar-refractivity contribution in [2.45, 2.75) is 47.1 Å². The van der Waals surface area contributed by atoms with Crippen LogP contribution in [0.4, 0.5) is 10.5 Å². The van der Waals surface area contributed by atoms with Gasteiger partial charge in [0.15, 0.2) is 5.84 Å². The van der Waals surface area contributed by atoms with Crippen LogP contribution in [0.15, 0.2) is 34.4 Å². The molecule has 0 aliphatic carbocycles. The number of imide groups is 1. The van der Waals surface area contributed by atoms with E-state index in [1.54, 1.807) is 32.0 Å². The lowest BCUT2D eigenvalue weighted by Crippen LogP contribution is -2.38. The Bertz CT molecular complexity index is 1270. The van der Waals surface area contributed by atoms with Gasteiger partial charge in [-0.1, -0.05) is 13.0 Å². The van der Waals surface area contributed by atoms with Gasteiger partial charge in [-0.25, -0.2) is 19.7 Å². The molecule has 0 aliphatic heterocycles. The molecule has 0 saturated carbocycles. The standard InChI is InChI=1S/C26H35N7O6/c1-6-10-29-23(34)18-9-8-15(3)20(11-18)32-22(31-13-27)21-16(4)19(12-30-21)24(35)33(7-2)26(37)39-14-38-25(36)17(5)28/h8-9,11-13,17,30H,6-7,10,14,28H2,1-5H3,(H,29,34)(H2,27,31,32).